The van der Waals surface area contributed by atoms with Gasteiger partial charge in [-0.05, 0) is 37.6 Å². The molecule has 0 aliphatic rings. The van der Waals surface area contributed by atoms with Gasteiger partial charge in [0.15, 0.2) is 0 Å². The number of hydrogen-bond acceptors (Lipinski definition) is 3. The average molecular weight is 261 g/mol. The van der Waals surface area contributed by atoms with Crippen LogP contribution in [0.15, 0.2) is 24.3 Å². The molecular formula is C11H16FNO3S. The lowest BCUT2D eigenvalue weighted by molar-refractivity contribution is 0.477. The molecule has 0 amide bonds. The largest absolute Gasteiger partial charge is 0.310 e. The van der Waals surface area contributed by atoms with E-state index in [2.05, 4.69) is 5.32 Å². The maximum atomic E-state index is 12.9. The number of rotatable bonds is 6. The number of benzene rings is 1. The second-order valence-corrected chi connectivity index (χ2v) is 5.44. The molecule has 0 fully saturated rings. The molecule has 0 heterocycles. The first kappa shape index (κ1) is 14.1. The maximum Gasteiger partial charge on any atom is 0.264 e. The lowest BCUT2D eigenvalue weighted by Gasteiger charge is -2.13. The van der Waals surface area contributed by atoms with Crippen molar-refractivity contribution in [3.8, 4) is 0 Å². The van der Waals surface area contributed by atoms with Crippen LogP contribution >= 0.6 is 0 Å². The summed E-state index contributed by atoms with van der Waals surface area (Å²) in [5, 5.41) is 3.06. The van der Waals surface area contributed by atoms with E-state index in [4.69, 9.17) is 4.55 Å². The van der Waals surface area contributed by atoms with Crippen LogP contribution in [0.2, 0.25) is 0 Å². The van der Waals surface area contributed by atoms with Gasteiger partial charge in [0.2, 0.25) is 0 Å². The molecule has 0 radical (unpaired) electrons. The van der Waals surface area contributed by atoms with Crippen molar-refractivity contribution in [2.75, 3.05) is 12.3 Å². The SMILES string of the molecule is CC(NCCCS(=O)(=O)O)c1cccc(F)c1. The van der Waals surface area contributed by atoms with E-state index >= 15 is 0 Å². The summed E-state index contributed by atoms with van der Waals surface area (Å²) in [7, 11) is -3.89. The Morgan fingerprint density at radius 1 is 1.47 bits per heavy atom. The fourth-order valence-corrected chi connectivity index (χ4v) is 1.98. The molecule has 0 saturated heterocycles. The van der Waals surface area contributed by atoms with Crippen LogP contribution in [0.3, 0.4) is 0 Å². The highest BCUT2D eigenvalue weighted by atomic mass is 32.2. The Kier molecular flexibility index (Phi) is 5.04. The smallest absolute Gasteiger partial charge is 0.264 e. The Hall–Kier alpha value is -0.980. The van der Waals surface area contributed by atoms with Gasteiger partial charge in [-0.2, -0.15) is 8.42 Å². The number of nitrogens with one attached hydrogen (secondary N) is 1. The fourth-order valence-electron chi connectivity index (χ4n) is 1.47. The third-order valence-corrected chi connectivity index (χ3v) is 3.18. The molecule has 0 spiro atoms. The summed E-state index contributed by atoms with van der Waals surface area (Å²) in [5.41, 5.74) is 0.803. The minimum absolute atomic E-state index is 0.0629. The molecule has 1 unspecified atom stereocenters. The van der Waals surface area contributed by atoms with Crippen LogP contribution < -0.4 is 5.32 Å². The molecule has 96 valence electrons. The number of hydrogen-bond donors (Lipinski definition) is 2. The summed E-state index contributed by atoms with van der Waals surface area (Å²) >= 11 is 0. The van der Waals surface area contributed by atoms with E-state index in [1.807, 2.05) is 6.92 Å². The standard InChI is InChI=1S/C11H16FNO3S/c1-9(10-4-2-5-11(12)8-10)13-6-3-7-17(14,15)16/h2,4-5,8-9,13H,3,6-7H2,1H3,(H,14,15,16). The van der Waals surface area contributed by atoms with Gasteiger partial charge in [-0.1, -0.05) is 12.1 Å². The van der Waals surface area contributed by atoms with Gasteiger partial charge in [0, 0.05) is 6.04 Å². The Bertz CT molecular complexity index is 462. The molecule has 6 heteroatoms. The summed E-state index contributed by atoms with van der Waals surface area (Å²) in [6, 6.07) is 6.16. The zero-order chi connectivity index (χ0) is 12.9. The van der Waals surface area contributed by atoms with Crippen LogP contribution in [0.25, 0.3) is 0 Å². The van der Waals surface area contributed by atoms with Crippen molar-refractivity contribution < 1.29 is 17.4 Å². The molecule has 1 aromatic rings. The summed E-state index contributed by atoms with van der Waals surface area (Å²) in [5.74, 6) is -0.565. The van der Waals surface area contributed by atoms with Gasteiger partial charge in [0.05, 0.1) is 5.75 Å². The molecule has 0 bridgehead atoms. The minimum Gasteiger partial charge on any atom is -0.310 e. The van der Waals surface area contributed by atoms with Crippen molar-refractivity contribution in [1.29, 1.82) is 0 Å². The van der Waals surface area contributed by atoms with Gasteiger partial charge in [0.1, 0.15) is 5.82 Å². The van der Waals surface area contributed by atoms with E-state index in [9.17, 15) is 12.8 Å². The molecule has 2 N–H and O–H groups in total. The zero-order valence-electron chi connectivity index (χ0n) is 9.56. The molecule has 4 nitrogen and oxygen atoms in total. The molecule has 0 aliphatic carbocycles. The Morgan fingerprint density at radius 2 is 2.18 bits per heavy atom. The van der Waals surface area contributed by atoms with Gasteiger partial charge in [0.25, 0.3) is 10.1 Å². The number of halogens is 1. The van der Waals surface area contributed by atoms with Crippen LogP contribution in [0.5, 0.6) is 0 Å². The molecule has 17 heavy (non-hydrogen) atoms. The van der Waals surface area contributed by atoms with E-state index in [0.717, 1.165) is 5.56 Å². The average Bonchev–Trinajstić information content (AvgIpc) is 2.23. The molecule has 0 aliphatic heterocycles. The molecule has 1 rings (SSSR count). The first-order valence-corrected chi connectivity index (χ1v) is 6.93. The second-order valence-electron chi connectivity index (χ2n) is 3.87. The zero-order valence-corrected chi connectivity index (χ0v) is 10.4. The highest BCUT2D eigenvalue weighted by molar-refractivity contribution is 7.85. The second kappa shape index (κ2) is 6.09. The molecule has 1 aromatic carbocycles. The van der Waals surface area contributed by atoms with Crippen LogP contribution in [0, 0.1) is 5.82 Å². The third kappa shape index (κ3) is 5.76. The van der Waals surface area contributed by atoms with E-state index in [1.54, 1.807) is 12.1 Å². The monoisotopic (exact) mass is 261 g/mol. The van der Waals surface area contributed by atoms with Gasteiger partial charge >= 0.3 is 0 Å². The first-order chi connectivity index (χ1) is 7.88. The minimum atomic E-state index is -3.89. The van der Waals surface area contributed by atoms with Gasteiger partial charge in [-0.25, -0.2) is 4.39 Å². The van der Waals surface area contributed by atoms with Gasteiger partial charge in [-0.15, -0.1) is 0 Å². The highest BCUT2D eigenvalue weighted by Gasteiger charge is 2.07. The predicted octanol–water partition coefficient (Wildman–Crippen LogP) is 1.75. The normalized spacial score (nSPS) is 13.6. The van der Waals surface area contributed by atoms with E-state index in [-0.39, 0.29) is 17.6 Å². The molecule has 0 saturated carbocycles. The van der Waals surface area contributed by atoms with Crippen molar-refractivity contribution in [3.63, 3.8) is 0 Å². The van der Waals surface area contributed by atoms with Crippen LogP contribution in [-0.2, 0) is 10.1 Å². The van der Waals surface area contributed by atoms with Crippen LogP contribution in [-0.4, -0.2) is 25.3 Å². The predicted molar refractivity (Wildman–Crippen MR) is 63.9 cm³/mol. The maximum absolute atomic E-state index is 12.9. The van der Waals surface area contributed by atoms with Crippen molar-refractivity contribution >= 4 is 10.1 Å². The van der Waals surface area contributed by atoms with Crippen LogP contribution in [0.1, 0.15) is 24.9 Å². The summed E-state index contributed by atoms with van der Waals surface area (Å²) < 4.78 is 42.4. The van der Waals surface area contributed by atoms with Crippen molar-refractivity contribution in [2.24, 2.45) is 0 Å². The lowest BCUT2D eigenvalue weighted by Crippen LogP contribution is -2.22. The van der Waals surface area contributed by atoms with E-state index in [1.165, 1.54) is 12.1 Å². The fraction of sp³-hybridized carbons (Fsp3) is 0.455. The highest BCUT2D eigenvalue weighted by Crippen LogP contribution is 2.13. The third-order valence-electron chi connectivity index (χ3n) is 2.38. The Labute approximate surface area is 101 Å². The summed E-state index contributed by atoms with van der Waals surface area (Å²) in [4.78, 5) is 0. The molecule has 1 atom stereocenters. The molecule has 0 aromatic heterocycles. The Morgan fingerprint density at radius 3 is 2.76 bits per heavy atom. The lowest BCUT2D eigenvalue weighted by atomic mass is 10.1. The quantitative estimate of drug-likeness (QED) is 0.605. The van der Waals surface area contributed by atoms with Gasteiger partial charge < -0.3 is 5.32 Å². The van der Waals surface area contributed by atoms with E-state index < -0.39 is 10.1 Å². The van der Waals surface area contributed by atoms with Crippen molar-refractivity contribution in [2.45, 2.75) is 19.4 Å². The molecular weight excluding hydrogens is 245 g/mol. The van der Waals surface area contributed by atoms with Crippen molar-refractivity contribution in [1.82, 2.24) is 5.32 Å². The summed E-state index contributed by atoms with van der Waals surface area (Å²) in [6.45, 7) is 2.31. The first-order valence-electron chi connectivity index (χ1n) is 5.32. The topological polar surface area (TPSA) is 66.4 Å². The van der Waals surface area contributed by atoms with Crippen molar-refractivity contribution in [3.05, 3.63) is 35.6 Å². The van der Waals surface area contributed by atoms with Crippen LogP contribution in [0.4, 0.5) is 4.39 Å². The summed E-state index contributed by atoms with van der Waals surface area (Å²) in [6.07, 6.45) is 0.318. The van der Waals surface area contributed by atoms with Gasteiger partial charge in [-0.3, -0.25) is 4.55 Å². The Balaban J connectivity index is 2.38. The van der Waals surface area contributed by atoms with E-state index in [0.29, 0.717) is 13.0 Å².